The first-order chi connectivity index (χ1) is 21.7. The Morgan fingerprint density at radius 2 is 1.69 bits per heavy atom. The van der Waals surface area contributed by atoms with Gasteiger partial charge < -0.3 is 24.8 Å². The van der Waals surface area contributed by atoms with Crippen LogP contribution in [0.5, 0.6) is 0 Å². The monoisotopic (exact) mass is 620 g/mol. The molecule has 3 heterocycles. The summed E-state index contributed by atoms with van der Waals surface area (Å²) in [4.78, 5) is 45.0. The standard InChI is InChI=1S/C36H49FN4O4/c1-26(21-27-9-3-2-4-10-27)33(43)40-18-15-36(45,35(24-40)13-7-8-14-35)25-41-23-30(34(44)39-19-16-38-17-20-39)29(22-32(41)42)28-11-5-6-12-31(28)37/h5-6,11-12,22-23,26-27,38,45H,2-4,7-10,13-21,24-25H2,1H3/t26?,36-/m1/s1. The van der Waals surface area contributed by atoms with Crippen molar-refractivity contribution in [2.75, 3.05) is 39.3 Å². The number of halogens is 1. The highest BCUT2D eigenvalue weighted by Gasteiger charge is 2.56. The van der Waals surface area contributed by atoms with Gasteiger partial charge in [0.05, 0.1) is 17.7 Å². The van der Waals surface area contributed by atoms with E-state index in [1.165, 1.54) is 48.8 Å². The smallest absolute Gasteiger partial charge is 0.256 e. The van der Waals surface area contributed by atoms with E-state index < -0.39 is 16.8 Å². The number of hydrogen-bond acceptors (Lipinski definition) is 5. The second-order valence-electron chi connectivity index (χ2n) is 14.3. The molecule has 9 heteroatoms. The van der Waals surface area contributed by atoms with E-state index in [1.54, 1.807) is 29.3 Å². The Balaban J connectivity index is 1.28. The quantitative estimate of drug-likeness (QED) is 0.463. The number of aromatic nitrogens is 1. The Labute approximate surface area is 266 Å². The van der Waals surface area contributed by atoms with Crippen molar-refractivity contribution >= 4 is 11.8 Å². The maximum absolute atomic E-state index is 15.0. The van der Waals surface area contributed by atoms with Crippen molar-refractivity contribution in [3.05, 3.63) is 58.3 Å². The number of nitrogens with zero attached hydrogens (tertiary/aromatic N) is 3. The molecule has 1 unspecified atom stereocenters. The number of aliphatic hydroxyl groups is 1. The Morgan fingerprint density at radius 1 is 0.978 bits per heavy atom. The predicted octanol–water partition coefficient (Wildman–Crippen LogP) is 4.83. The van der Waals surface area contributed by atoms with Crippen LogP contribution in [0.1, 0.15) is 87.9 Å². The van der Waals surface area contributed by atoms with E-state index in [2.05, 4.69) is 12.2 Å². The van der Waals surface area contributed by atoms with Gasteiger partial charge in [-0.2, -0.15) is 0 Å². The first-order valence-electron chi connectivity index (χ1n) is 17.2. The highest BCUT2D eigenvalue weighted by molar-refractivity contribution is 6.00. The van der Waals surface area contributed by atoms with E-state index in [0.29, 0.717) is 51.6 Å². The molecule has 2 saturated heterocycles. The van der Waals surface area contributed by atoms with Crippen molar-refractivity contribution in [2.45, 2.75) is 89.7 Å². The zero-order chi connectivity index (χ0) is 31.6. The Morgan fingerprint density at radius 3 is 2.40 bits per heavy atom. The molecular weight excluding hydrogens is 571 g/mol. The van der Waals surface area contributed by atoms with Crippen LogP contribution in [-0.2, 0) is 11.3 Å². The van der Waals surface area contributed by atoms with Crippen LogP contribution in [-0.4, -0.2) is 76.2 Å². The van der Waals surface area contributed by atoms with Crippen LogP contribution < -0.4 is 10.9 Å². The molecular formula is C36H49FN4O4. The van der Waals surface area contributed by atoms with Gasteiger partial charge in [-0.25, -0.2) is 4.39 Å². The number of carbonyl (C=O) groups excluding carboxylic acids is 2. The molecule has 2 aliphatic heterocycles. The minimum absolute atomic E-state index is 0.0326. The van der Waals surface area contributed by atoms with Crippen LogP contribution in [0, 0.1) is 23.1 Å². The molecule has 244 valence electrons. The second kappa shape index (κ2) is 13.4. The van der Waals surface area contributed by atoms with Gasteiger partial charge in [-0.05, 0) is 37.7 Å². The molecule has 4 aliphatic rings. The summed E-state index contributed by atoms with van der Waals surface area (Å²) in [5.74, 6) is 0.0204. The number of hydrogen-bond donors (Lipinski definition) is 2. The van der Waals surface area contributed by atoms with E-state index >= 15 is 4.39 Å². The molecule has 6 rings (SSSR count). The summed E-state index contributed by atoms with van der Waals surface area (Å²) < 4.78 is 16.5. The van der Waals surface area contributed by atoms with Crippen molar-refractivity contribution in [1.29, 1.82) is 0 Å². The number of piperazine rings is 1. The maximum atomic E-state index is 15.0. The van der Waals surface area contributed by atoms with Gasteiger partial charge in [-0.3, -0.25) is 14.4 Å². The SMILES string of the molecule is CC(CC1CCCCC1)C(=O)N1CC[C@@](O)(Cn2cc(C(=O)N3CCNCC3)c(-c3ccccc3F)cc2=O)C2(CCCC2)C1. The van der Waals surface area contributed by atoms with Crippen LogP contribution in [0.3, 0.4) is 0 Å². The fourth-order valence-electron chi connectivity index (χ4n) is 8.71. The average Bonchev–Trinajstić information content (AvgIpc) is 3.54. The number of rotatable bonds is 7. The van der Waals surface area contributed by atoms with Crippen molar-refractivity contribution < 1.29 is 19.1 Å². The van der Waals surface area contributed by atoms with Gasteiger partial charge in [-0.15, -0.1) is 0 Å². The van der Waals surface area contributed by atoms with Crippen LogP contribution in [0.2, 0.25) is 0 Å². The lowest BCUT2D eigenvalue weighted by Crippen LogP contribution is -2.62. The lowest BCUT2D eigenvalue weighted by molar-refractivity contribution is -0.163. The molecule has 0 bridgehead atoms. The summed E-state index contributed by atoms with van der Waals surface area (Å²) in [6.45, 7) is 5.40. The van der Waals surface area contributed by atoms with E-state index in [4.69, 9.17) is 0 Å². The Bertz CT molecular complexity index is 1440. The highest BCUT2D eigenvalue weighted by atomic mass is 19.1. The van der Waals surface area contributed by atoms with Crippen molar-refractivity contribution in [3.63, 3.8) is 0 Å². The predicted molar refractivity (Wildman–Crippen MR) is 172 cm³/mol. The molecule has 4 fully saturated rings. The number of carbonyl (C=O) groups is 2. The third kappa shape index (κ3) is 6.48. The lowest BCUT2D eigenvalue weighted by atomic mass is 9.65. The fraction of sp³-hybridized carbons (Fsp3) is 0.639. The molecule has 1 aromatic heterocycles. The first-order valence-corrected chi connectivity index (χ1v) is 17.2. The van der Waals surface area contributed by atoms with E-state index in [-0.39, 0.29) is 46.5 Å². The number of amides is 2. The normalized spacial score (nSPS) is 24.6. The highest BCUT2D eigenvalue weighted by Crippen LogP contribution is 2.52. The van der Waals surface area contributed by atoms with Gasteiger partial charge in [0.2, 0.25) is 5.91 Å². The van der Waals surface area contributed by atoms with Crippen LogP contribution >= 0.6 is 0 Å². The Hall–Kier alpha value is -3.04. The molecule has 2 aromatic rings. The van der Waals surface area contributed by atoms with Crippen LogP contribution in [0.15, 0.2) is 41.3 Å². The van der Waals surface area contributed by atoms with E-state index in [9.17, 15) is 19.5 Å². The Kier molecular flexibility index (Phi) is 9.48. The topological polar surface area (TPSA) is 94.9 Å². The summed E-state index contributed by atoms with van der Waals surface area (Å²) in [5, 5.41) is 15.7. The zero-order valence-electron chi connectivity index (χ0n) is 26.7. The van der Waals surface area contributed by atoms with Crippen LogP contribution in [0.4, 0.5) is 4.39 Å². The van der Waals surface area contributed by atoms with Gasteiger partial charge in [0, 0.05) is 74.0 Å². The number of benzene rings is 1. The first kappa shape index (κ1) is 31.9. The number of pyridine rings is 1. The van der Waals surface area contributed by atoms with Gasteiger partial charge in [0.1, 0.15) is 5.82 Å². The van der Waals surface area contributed by atoms with Gasteiger partial charge in [0.25, 0.3) is 11.5 Å². The minimum atomic E-state index is -1.22. The zero-order valence-corrected chi connectivity index (χ0v) is 26.7. The van der Waals surface area contributed by atoms with Crippen LogP contribution in [0.25, 0.3) is 11.1 Å². The number of piperidine rings is 1. The van der Waals surface area contributed by atoms with E-state index in [1.807, 2.05) is 4.90 Å². The average molecular weight is 621 g/mol. The van der Waals surface area contributed by atoms with E-state index in [0.717, 1.165) is 32.1 Å². The largest absolute Gasteiger partial charge is 0.387 e. The number of likely N-dealkylation sites (tertiary alicyclic amines) is 1. The molecule has 1 aromatic carbocycles. The molecule has 0 radical (unpaired) electrons. The fourth-order valence-corrected chi connectivity index (χ4v) is 8.71. The summed E-state index contributed by atoms with van der Waals surface area (Å²) in [6.07, 6.45) is 12.6. The summed E-state index contributed by atoms with van der Waals surface area (Å²) in [5.41, 5.74) is -1.38. The molecule has 45 heavy (non-hydrogen) atoms. The summed E-state index contributed by atoms with van der Waals surface area (Å²) in [6, 6.07) is 7.55. The molecule has 1 spiro atoms. The summed E-state index contributed by atoms with van der Waals surface area (Å²) >= 11 is 0. The molecule has 2 saturated carbocycles. The van der Waals surface area contributed by atoms with Gasteiger partial charge in [-0.1, -0.05) is 70.1 Å². The number of nitrogens with one attached hydrogen (secondary N) is 1. The molecule has 2 N–H and O–H groups in total. The van der Waals surface area contributed by atoms with Crippen molar-refractivity contribution in [3.8, 4) is 11.1 Å². The van der Waals surface area contributed by atoms with Gasteiger partial charge in [0.15, 0.2) is 0 Å². The minimum Gasteiger partial charge on any atom is -0.387 e. The maximum Gasteiger partial charge on any atom is 0.256 e. The molecule has 2 aliphatic carbocycles. The molecule has 2 atom stereocenters. The van der Waals surface area contributed by atoms with Crippen molar-refractivity contribution in [1.82, 2.24) is 19.7 Å². The van der Waals surface area contributed by atoms with Gasteiger partial charge >= 0.3 is 0 Å². The third-order valence-corrected chi connectivity index (χ3v) is 11.3. The lowest BCUT2D eigenvalue weighted by Gasteiger charge is -2.53. The molecule has 8 nitrogen and oxygen atoms in total. The summed E-state index contributed by atoms with van der Waals surface area (Å²) in [7, 11) is 0. The van der Waals surface area contributed by atoms with Crippen molar-refractivity contribution in [2.24, 2.45) is 17.3 Å². The third-order valence-electron chi connectivity index (χ3n) is 11.3. The molecule has 2 amide bonds. The second-order valence-corrected chi connectivity index (χ2v) is 14.3.